The van der Waals surface area contributed by atoms with Crippen LogP contribution >= 0.6 is 0 Å². The van der Waals surface area contributed by atoms with Crippen LogP contribution in [0.15, 0.2) is 10.9 Å². The third-order valence-corrected chi connectivity index (χ3v) is 9.34. The summed E-state index contributed by atoms with van der Waals surface area (Å²) < 4.78 is 25.8. The summed E-state index contributed by atoms with van der Waals surface area (Å²) in [6, 6.07) is 0.992. The van der Waals surface area contributed by atoms with E-state index in [1.165, 1.54) is 4.52 Å². The molecular weight excluding hydrogens is 596 g/mol. The van der Waals surface area contributed by atoms with Crippen LogP contribution < -0.4 is 10.5 Å². The molecule has 0 N–H and O–H groups in total. The number of amides is 1. The lowest BCUT2D eigenvalue weighted by atomic mass is 10.1. The zero-order valence-electron chi connectivity index (χ0n) is 28.0. The lowest BCUT2D eigenvalue weighted by molar-refractivity contribution is -0.143. The van der Waals surface area contributed by atoms with E-state index in [0.29, 0.717) is 89.2 Å². The van der Waals surface area contributed by atoms with Gasteiger partial charge in [0.15, 0.2) is 5.82 Å². The molecule has 4 heterocycles. The summed E-state index contributed by atoms with van der Waals surface area (Å²) in [6.07, 6.45) is 3.38. The Balaban J connectivity index is 1.74. The molecule has 0 unspecified atom stereocenters. The molecule has 250 valence electrons. The first-order valence-electron chi connectivity index (χ1n) is 16.0. The van der Waals surface area contributed by atoms with E-state index in [1.54, 1.807) is 11.8 Å². The van der Waals surface area contributed by atoms with E-state index in [9.17, 15) is 14.4 Å². The fourth-order valence-corrected chi connectivity index (χ4v) is 6.02. The quantitative estimate of drug-likeness (QED) is 0.190. The minimum absolute atomic E-state index is 0.189. The number of ether oxygens (including phenoxy) is 4. The molecule has 2 aromatic heterocycles. The van der Waals surface area contributed by atoms with Gasteiger partial charge in [0.2, 0.25) is 5.78 Å². The largest absolute Gasteiger partial charge is 0.466 e. The van der Waals surface area contributed by atoms with Gasteiger partial charge in [0, 0.05) is 47.3 Å². The summed E-state index contributed by atoms with van der Waals surface area (Å²) >= 11 is 0. The zero-order chi connectivity index (χ0) is 32.8. The fourth-order valence-electron chi connectivity index (χ4n) is 5.27. The molecule has 0 aromatic carbocycles. The molecule has 4 rings (SSSR count). The summed E-state index contributed by atoms with van der Waals surface area (Å²) in [6.45, 7) is 18.0. The van der Waals surface area contributed by atoms with Crippen molar-refractivity contribution in [2.75, 3.05) is 57.5 Å². The van der Waals surface area contributed by atoms with Crippen LogP contribution in [0.1, 0.15) is 58.5 Å². The molecule has 0 saturated carbocycles. The highest BCUT2D eigenvalue weighted by Crippen LogP contribution is 2.25. The number of esters is 1. The molecule has 1 saturated heterocycles. The van der Waals surface area contributed by atoms with Crippen LogP contribution in [0.4, 0.5) is 10.5 Å². The molecule has 13 nitrogen and oxygen atoms in total. The zero-order valence-corrected chi connectivity index (χ0v) is 29.0. The van der Waals surface area contributed by atoms with Gasteiger partial charge in [-0.25, -0.2) is 4.79 Å². The third-order valence-electron chi connectivity index (χ3n) is 7.64. The fraction of sp³-hybridized carbons (Fsp3) is 0.710. The first-order valence-corrected chi connectivity index (χ1v) is 19.7. The second kappa shape index (κ2) is 14.9. The highest BCUT2D eigenvalue weighted by Gasteiger charge is 2.31. The number of hydrogen-bond acceptors (Lipinski definition) is 10. The van der Waals surface area contributed by atoms with Gasteiger partial charge in [0.25, 0.3) is 5.56 Å². The van der Waals surface area contributed by atoms with E-state index in [-0.39, 0.29) is 30.8 Å². The second-order valence-electron chi connectivity index (χ2n) is 13.7. The predicted octanol–water partition coefficient (Wildman–Crippen LogP) is 3.95. The van der Waals surface area contributed by atoms with Crippen molar-refractivity contribution in [2.24, 2.45) is 0 Å². The summed E-state index contributed by atoms with van der Waals surface area (Å²) in [4.78, 5) is 47.8. The highest BCUT2D eigenvalue weighted by atomic mass is 28.3. The molecule has 0 radical (unpaired) electrons. The summed E-state index contributed by atoms with van der Waals surface area (Å²) in [7, 11) is -1.34. The maximum Gasteiger partial charge on any atom is 0.410 e. The van der Waals surface area contributed by atoms with Crippen LogP contribution in [0.2, 0.25) is 25.7 Å². The smallest absolute Gasteiger partial charge is 0.410 e. The average molecular weight is 647 g/mol. The van der Waals surface area contributed by atoms with Gasteiger partial charge in [-0.3, -0.25) is 14.2 Å². The van der Waals surface area contributed by atoms with Crippen molar-refractivity contribution in [3.05, 3.63) is 27.9 Å². The molecule has 14 heteroatoms. The number of anilines is 1. The molecule has 2 aromatic rings. The number of nitrogens with zero attached hydrogens (tertiary/aromatic N) is 6. The minimum Gasteiger partial charge on any atom is -0.466 e. The van der Waals surface area contributed by atoms with Crippen molar-refractivity contribution in [2.45, 2.75) is 91.4 Å². The third kappa shape index (κ3) is 9.39. The molecule has 1 amide bonds. The maximum atomic E-state index is 14.3. The van der Waals surface area contributed by atoms with Crippen LogP contribution in [0.3, 0.4) is 0 Å². The van der Waals surface area contributed by atoms with E-state index >= 15 is 0 Å². The maximum absolute atomic E-state index is 14.3. The van der Waals surface area contributed by atoms with Gasteiger partial charge in [-0.2, -0.15) is 9.50 Å². The Morgan fingerprint density at radius 1 is 1.11 bits per heavy atom. The van der Waals surface area contributed by atoms with Crippen molar-refractivity contribution in [1.29, 1.82) is 0 Å². The van der Waals surface area contributed by atoms with Gasteiger partial charge >= 0.3 is 12.1 Å². The topological polar surface area (TPSA) is 130 Å². The summed E-state index contributed by atoms with van der Waals surface area (Å²) in [5.41, 5.74) is 1.27. The summed E-state index contributed by atoms with van der Waals surface area (Å²) in [5, 5.41) is 4.69. The van der Waals surface area contributed by atoms with Gasteiger partial charge in [0.1, 0.15) is 18.0 Å². The van der Waals surface area contributed by atoms with Crippen LogP contribution in [0.5, 0.6) is 0 Å². The molecule has 0 bridgehead atoms. The number of fused-ring (bicyclic) bond motifs is 1. The Morgan fingerprint density at radius 2 is 1.84 bits per heavy atom. The Kier molecular flexibility index (Phi) is 11.5. The van der Waals surface area contributed by atoms with Crippen LogP contribution in [-0.4, -0.2) is 102 Å². The Morgan fingerprint density at radius 3 is 2.47 bits per heavy atom. The van der Waals surface area contributed by atoms with Crippen LogP contribution in [0, 0.1) is 0 Å². The highest BCUT2D eigenvalue weighted by molar-refractivity contribution is 6.76. The normalized spacial score (nSPS) is 16.2. The number of aromatic nitrogens is 4. The minimum atomic E-state index is -1.34. The first-order chi connectivity index (χ1) is 21.3. The van der Waals surface area contributed by atoms with Gasteiger partial charge in [-0.15, -0.1) is 5.10 Å². The van der Waals surface area contributed by atoms with Gasteiger partial charge in [0.05, 0.1) is 25.5 Å². The standard InChI is InChI=1S/C31H50N6O7Si/c1-8-43-25(38)11-9-10-24-26(34-14-16-35(17-15-34)30(40)44-31(2,3)4)28(39)37-29(36(24)22-42-20-21-45(5,6)7)32-27(33-37)23-12-18-41-19-13-23/h12H,8-11,13-22H2,1-7H3. The average Bonchev–Trinajstić information content (AvgIpc) is 3.42. The molecule has 0 aliphatic carbocycles. The lowest BCUT2D eigenvalue weighted by Crippen LogP contribution is -2.51. The molecular formula is C31H50N6O7Si. The SMILES string of the molecule is CCOC(=O)CCCc1c(N2CCN(C(=O)OC(C)(C)C)CC2)c(=O)n2nc(C3=CCOCC3)nc2n1COCC[Si](C)(C)C. The van der Waals surface area contributed by atoms with Gasteiger partial charge in [-0.1, -0.05) is 25.7 Å². The lowest BCUT2D eigenvalue weighted by Gasteiger charge is -2.37. The van der Waals surface area contributed by atoms with Crippen molar-refractivity contribution in [1.82, 2.24) is 24.1 Å². The molecule has 0 spiro atoms. The van der Waals surface area contributed by atoms with E-state index in [4.69, 9.17) is 29.0 Å². The Hall–Kier alpha value is -3.23. The predicted molar refractivity (Wildman–Crippen MR) is 174 cm³/mol. The van der Waals surface area contributed by atoms with E-state index in [2.05, 4.69) is 19.6 Å². The van der Waals surface area contributed by atoms with Crippen molar-refractivity contribution in [3.8, 4) is 0 Å². The Bertz CT molecular complexity index is 1430. The van der Waals surface area contributed by atoms with Crippen LogP contribution in [-0.2, 0) is 36.9 Å². The number of rotatable bonds is 12. The van der Waals surface area contributed by atoms with Crippen molar-refractivity contribution >= 4 is 37.2 Å². The molecule has 0 atom stereocenters. The van der Waals surface area contributed by atoms with E-state index < -0.39 is 13.7 Å². The second-order valence-corrected chi connectivity index (χ2v) is 19.3. The number of carbonyl (C=O) groups is 2. The number of piperazine rings is 1. The van der Waals surface area contributed by atoms with E-state index in [1.807, 2.05) is 36.3 Å². The van der Waals surface area contributed by atoms with Crippen molar-refractivity contribution < 1.29 is 28.5 Å². The molecule has 45 heavy (non-hydrogen) atoms. The molecule has 2 aliphatic rings. The number of carbonyl (C=O) groups excluding carboxylic acids is 2. The Labute approximate surface area is 266 Å². The van der Waals surface area contributed by atoms with Crippen molar-refractivity contribution in [3.63, 3.8) is 0 Å². The summed E-state index contributed by atoms with van der Waals surface area (Å²) in [5.74, 6) is 0.621. The molecule has 1 fully saturated rings. The van der Waals surface area contributed by atoms with Crippen LogP contribution in [0.25, 0.3) is 11.4 Å². The first kappa shape index (κ1) is 34.6. The van der Waals surface area contributed by atoms with Gasteiger partial charge in [-0.05, 0) is 58.6 Å². The number of hydrogen-bond donors (Lipinski definition) is 0. The van der Waals surface area contributed by atoms with Gasteiger partial charge < -0.3 is 28.7 Å². The monoisotopic (exact) mass is 646 g/mol. The molecule has 2 aliphatic heterocycles. The van der Waals surface area contributed by atoms with E-state index in [0.717, 1.165) is 17.3 Å².